The number of sulfonamides is 1. The molecule has 7 nitrogen and oxygen atoms in total. The summed E-state index contributed by atoms with van der Waals surface area (Å²) in [6, 6.07) is 11.7. The lowest BCUT2D eigenvalue weighted by atomic mass is 10.1. The quantitative estimate of drug-likeness (QED) is 0.608. The zero-order chi connectivity index (χ0) is 19.6. The molecule has 0 unspecified atom stereocenters. The molecule has 2 N–H and O–H groups in total. The van der Waals surface area contributed by atoms with Crippen LogP contribution in [0, 0.1) is 13.8 Å². The standard InChI is InChI=1S/C17H15ClN4O3S2/c1-10-4-3-5-11(2)14(10)22-27(24,25)17-21-20-16(26-17)19-15(23)12-6-8-13(18)9-7-12/h3-9,22H,1-2H3,(H,19,20,23). The third-order valence-corrected chi connectivity index (χ3v) is 6.49. The molecule has 0 spiro atoms. The maximum atomic E-state index is 12.6. The fourth-order valence-corrected chi connectivity index (χ4v) is 4.52. The van der Waals surface area contributed by atoms with Crippen molar-refractivity contribution in [3.63, 3.8) is 0 Å². The molecule has 1 aromatic heterocycles. The number of halogens is 1. The Balaban J connectivity index is 1.78. The van der Waals surface area contributed by atoms with Crippen molar-refractivity contribution in [1.82, 2.24) is 10.2 Å². The van der Waals surface area contributed by atoms with E-state index in [4.69, 9.17) is 11.6 Å². The number of benzene rings is 2. The smallest absolute Gasteiger partial charge is 0.291 e. The van der Waals surface area contributed by atoms with Crippen molar-refractivity contribution in [2.24, 2.45) is 0 Å². The van der Waals surface area contributed by atoms with Gasteiger partial charge in [-0.2, -0.15) is 8.42 Å². The third-order valence-electron chi connectivity index (χ3n) is 3.68. The molecule has 1 heterocycles. The van der Waals surface area contributed by atoms with E-state index < -0.39 is 15.9 Å². The van der Waals surface area contributed by atoms with Gasteiger partial charge in [0.25, 0.3) is 20.3 Å². The maximum absolute atomic E-state index is 12.6. The Morgan fingerprint density at radius 1 is 1.04 bits per heavy atom. The number of para-hydroxylation sites is 1. The van der Waals surface area contributed by atoms with E-state index in [0.29, 0.717) is 16.3 Å². The maximum Gasteiger partial charge on any atom is 0.291 e. The predicted octanol–water partition coefficient (Wildman–Crippen LogP) is 3.86. The fraction of sp³-hybridized carbons (Fsp3) is 0.118. The van der Waals surface area contributed by atoms with Crippen LogP contribution in [0.4, 0.5) is 10.8 Å². The number of amides is 1. The topological polar surface area (TPSA) is 101 Å². The number of hydrogen-bond acceptors (Lipinski definition) is 6. The van der Waals surface area contributed by atoms with Crippen LogP contribution in [0.1, 0.15) is 21.5 Å². The number of nitrogens with zero attached hydrogens (tertiary/aromatic N) is 2. The highest BCUT2D eigenvalue weighted by Gasteiger charge is 2.22. The molecule has 0 fully saturated rings. The van der Waals surface area contributed by atoms with E-state index >= 15 is 0 Å². The van der Waals surface area contributed by atoms with Crippen LogP contribution in [0.25, 0.3) is 0 Å². The average Bonchev–Trinajstić information content (AvgIpc) is 3.08. The first-order chi connectivity index (χ1) is 12.8. The van der Waals surface area contributed by atoms with E-state index in [1.54, 1.807) is 24.3 Å². The van der Waals surface area contributed by atoms with Crippen molar-refractivity contribution in [2.75, 3.05) is 10.0 Å². The van der Waals surface area contributed by atoms with Crippen LogP contribution in [0.15, 0.2) is 46.8 Å². The first kappa shape index (κ1) is 19.3. The summed E-state index contributed by atoms with van der Waals surface area (Å²) < 4.78 is 27.5. The van der Waals surface area contributed by atoms with Gasteiger partial charge in [0.05, 0.1) is 5.69 Å². The number of aryl methyl sites for hydroxylation is 2. The third kappa shape index (κ3) is 4.44. The Labute approximate surface area is 165 Å². The predicted molar refractivity (Wildman–Crippen MR) is 106 cm³/mol. The van der Waals surface area contributed by atoms with Crippen LogP contribution < -0.4 is 10.0 Å². The normalized spacial score (nSPS) is 11.2. The Morgan fingerprint density at radius 3 is 2.30 bits per heavy atom. The lowest BCUT2D eigenvalue weighted by molar-refractivity contribution is 0.102. The number of carbonyl (C=O) groups excluding carboxylic acids is 1. The second-order valence-electron chi connectivity index (χ2n) is 5.71. The number of carbonyl (C=O) groups is 1. The molecule has 2 aromatic carbocycles. The van der Waals surface area contributed by atoms with Crippen LogP contribution in [-0.4, -0.2) is 24.5 Å². The summed E-state index contributed by atoms with van der Waals surface area (Å²) in [5.41, 5.74) is 2.45. The number of nitrogens with one attached hydrogen (secondary N) is 2. The zero-order valence-corrected chi connectivity index (χ0v) is 16.7. The minimum absolute atomic E-state index is 0.0804. The van der Waals surface area contributed by atoms with Crippen molar-refractivity contribution < 1.29 is 13.2 Å². The summed E-state index contributed by atoms with van der Waals surface area (Å²) in [4.78, 5) is 12.2. The number of hydrogen-bond donors (Lipinski definition) is 2. The molecular weight excluding hydrogens is 408 g/mol. The summed E-state index contributed by atoms with van der Waals surface area (Å²) in [6.07, 6.45) is 0. The van der Waals surface area contributed by atoms with Crippen LogP contribution >= 0.6 is 22.9 Å². The highest BCUT2D eigenvalue weighted by Crippen LogP contribution is 2.26. The van der Waals surface area contributed by atoms with Gasteiger partial charge in [0.2, 0.25) is 5.13 Å². The highest BCUT2D eigenvalue weighted by atomic mass is 35.5. The number of anilines is 2. The fourth-order valence-electron chi connectivity index (χ4n) is 2.29. The molecule has 140 valence electrons. The lowest BCUT2D eigenvalue weighted by Crippen LogP contribution is -2.14. The van der Waals surface area contributed by atoms with Gasteiger partial charge in [-0.25, -0.2) is 0 Å². The largest absolute Gasteiger partial charge is 0.296 e. The SMILES string of the molecule is Cc1cccc(C)c1NS(=O)(=O)c1nnc(NC(=O)c2ccc(Cl)cc2)s1. The molecule has 0 aliphatic heterocycles. The molecule has 0 aliphatic rings. The van der Waals surface area contributed by atoms with E-state index in [0.717, 1.165) is 22.5 Å². The number of rotatable bonds is 5. The number of aromatic nitrogens is 2. The minimum Gasteiger partial charge on any atom is -0.296 e. The zero-order valence-electron chi connectivity index (χ0n) is 14.4. The molecule has 0 bridgehead atoms. The van der Waals surface area contributed by atoms with E-state index in [-0.39, 0.29) is 9.47 Å². The molecule has 0 aliphatic carbocycles. The summed E-state index contributed by atoms with van der Waals surface area (Å²) >= 11 is 6.56. The lowest BCUT2D eigenvalue weighted by Gasteiger charge is -2.11. The average molecular weight is 423 g/mol. The van der Waals surface area contributed by atoms with Crippen LogP contribution in [0.3, 0.4) is 0 Å². The van der Waals surface area contributed by atoms with Gasteiger partial charge in [-0.3, -0.25) is 14.8 Å². The van der Waals surface area contributed by atoms with Crippen molar-refractivity contribution in [3.05, 3.63) is 64.2 Å². The van der Waals surface area contributed by atoms with Crippen molar-refractivity contribution in [3.8, 4) is 0 Å². The van der Waals surface area contributed by atoms with Gasteiger partial charge in [-0.05, 0) is 49.2 Å². The van der Waals surface area contributed by atoms with Crippen molar-refractivity contribution >= 4 is 49.7 Å². The first-order valence-electron chi connectivity index (χ1n) is 7.76. The van der Waals surface area contributed by atoms with E-state index in [2.05, 4.69) is 20.2 Å². The van der Waals surface area contributed by atoms with Gasteiger partial charge in [0.1, 0.15) is 0 Å². The van der Waals surface area contributed by atoms with Gasteiger partial charge in [-0.15, -0.1) is 10.2 Å². The minimum atomic E-state index is -3.92. The summed E-state index contributed by atoms with van der Waals surface area (Å²) in [5.74, 6) is -0.436. The molecule has 10 heteroatoms. The van der Waals surface area contributed by atoms with Gasteiger partial charge in [0, 0.05) is 10.6 Å². The Hall–Kier alpha value is -2.49. The second-order valence-corrected chi connectivity index (χ2v) is 8.98. The van der Waals surface area contributed by atoms with Crippen LogP contribution in [0.2, 0.25) is 5.02 Å². The Bertz CT molecular complexity index is 1080. The van der Waals surface area contributed by atoms with Gasteiger partial charge < -0.3 is 0 Å². The van der Waals surface area contributed by atoms with Gasteiger partial charge in [-0.1, -0.05) is 41.1 Å². The van der Waals surface area contributed by atoms with Crippen LogP contribution in [-0.2, 0) is 10.0 Å². The molecule has 0 radical (unpaired) electrons. The summed E-state index contributed by atoms with van der Waals surface area (Å²) in [5, 5.41) is 10.5. The van der Waals surface area contributed by atoms with Gasteiger partial charge >= 0.3 is 0 Å². The summed E-state index contributed by atoms with van der Waals surface area (Å²) in [7, 11) is -3.92. The van der Waals surface area contributed by atoms with Crippen LogP contribution in [0.5, 0.6) is 0 Å². The Kier molecular flexibility index (Phi) is 5.45. The van der Waals surface area contributed by atoms with E-state index in [1.807, 2.05) is 32.0 Å². The molecule has 0 saturated heterocycles. The summed E-state index contributed by atoms with van der Waals surface area (Å²) in [6.45, 7) is 3.62. The second kappa shape index (κ2) is 7.63. The molecule has 27 heavy (non-hydrogen) atoms. The molecular formula is C17H15ClN4O3S2. The Morgan fingerprint density at radius 2 is 1.67 bits per heavy atom. The van der Waals surface area contributed by atoms with Gasteiger partial charge in [0.15, 0.2) is 0 Å². The van der Waals surface area contributed by atoms with E-state index in [1.165, 1.54) is 0 Å². The molecule has 3 aromatic rings. The molecule has 3 rings (SSSR count). The van der Waals surface area contributed by atoms with Crippen molar-refractivity contribution in [1.29, 1.82) is 0 Å². The van der Waals surface area contributed by atoms with Crippen molar-refractivity contribution in [2.45, 2.75) is 18.2 Å². The molecule has 0 saturated carbocycles. The van der Waals surface area contributed by atoms with E-state index in [9.17, 15) is 13.2 Å². The molecule has 0 atom stereocenters. The molecule has 1 amide bonds. The first-order valence-corrected chi connectivity index (χ1v) is 10.4. The highest BCUT2D eigenvalue weighted by molar-refractivity contribution is 7.94. The monoisotopic (exact) mass is 422 g/mol.